The molecule has 0 heterocycles. The van der Waals surface area contributed by atoms with Gasteiger partial charge in [0.15, 0.2) is 11.5 Å². The monoisotopic (exact) mass is 195 g/mol. The van der Waals surface area contributed by atoms with Crippen LogP contribution < -0.4 is 4.74 Å². The van der Waals surface area contributed by atoms with Crippen molar-refractivity contribution >= 4 is 5.71 Å². The molecule has 0 saturated carbocycles. The van der Waals surface area contributed by atoms with E-state index in [1.807, 2.05) is 6.92 Å². The molecule has 0 aromatic heterocycles. The standard InChI is InChI=1S/C10H13NO3/c1-6-4-8(7(2)11-13)10(12)9(5-6)14-3/h4-5,12-13H,1-3H3/b11-7+. The Morgan fingerprint density at radius 1 is 1.43 bits per heavy atom. The average molecular weight is 195 g/mol. The van der Waals surface area contributed by atoms with E-state index < -0.39 is 0 Å². The van der Waals surface area contributed by atoms with E-state index in [-0.39, 0.29) is 5.75 Å². The Morgan fingerprint density at radius 3 is 2.57 bits per heavy atom. The smallest absolute Gasteiger partial charge is 0.167 e. The van der Waals surface area contributed by atoms with E-state index in [0.29, 0.717) is 17.0 Å². The molecule has 0 atom stereocenters. The Hall–Kier alpha value is -1.71. The van der Waals surface area contributed by atoms with Crippen molar-refractivity contribution in [2.45, 2.75) is 13.8 Å². The van der Waals surface area contributed by atoms with Gasteiger partial charge in [0.1, 0.15) is 0 Å². The zero-order valence-corrected chi connectivity index (χ0v) is 8.40. The summed E-state index contributed by atoms with van der Waals surface area (Å²) in [6, 6.07) is 3.44. The average Bonchev–Trinajstić information content (AvgIpc) is 2.19. The van der Waals surface area contributed by atoms with Gasteiger partial charge in [-0.1, -0.05) is 5.16 Å². The Balaban J connectivity index is 3.36. The van der Waals surface area contributed by atoms with Crippen LogP contribution in [0, 0.1) is 6.92 Å². The summed E-state index contributed by atoms with van der Waals surface area (Å²) in [4.78, 5) is 0. The van der Waals surface area contributed by atoms with Crippen molar-refractivity contribution in [2.24, 2.45) is 5.16 Å². The van der Waals surface area contributed by atoms with E-state index in [1.165, 1.54) is 7.11 Å². The van der Waals surface area contributed by atoms with E-state index in [4.69, 9.17) is 9.94 Å². The summed E-state index contributed by atoms with van der Waals surface area (Å²) in [5.74, 6) is 0.372. The van der Waals surface area contributed by atoms with Gasteiger partial charge < -0.3 is 15.1 Å². The maximum absolute atomic E-state index is 9.70. The lowest BCUT2D eigenvalue weighted by Crippen LogP contribution is -1.98. The third-order valence-electron chi connectivity index (χ3n) is 1.98. The van der Waals surface area contributed by atoms with Crippen LogP contribution in [0.2, 0.25) is 0 Å². The number of aromatic hydroxyl groups is 1. The van der Waals surface area contributed by atoms with Crippen LogP contribution in [-0.2, 0) is 0 Å². The number of nitrogens with zero attached hydrogens (tertiary/aromatic N) is 1. The third kappa shape index (κ3) is 1.79. The second-order valence-corrected chi connectivity index (χ2v) is 3.05. The first-order valence-corrected chi connectivity index (χ1v) is 4.16. The molecule has 0 aliphatic rings. The molecule has 0 fully saturated rings. The minimum absolute atomic E-state index is 0.00611. The lowest BCUT2D eigenvalue weighted by molar-refractivity contribution is 0.318. The van der Waals surface area contributed by atoms with Gasteiger partial charge in [0.25, 0.3) is 0 Å². The number of oxime groups is 1. The van der Waals surface area contributed by atoms with Gasteiger partial charge in [-0.2, -0.15) is 0 Å². The molecule has 0 spiro atoms. The van der Waals surface area contributed by atoms with Gasteiger partial charge in [0.2, 0.25) is 0 Å². The van der Waals surface area contributed by atoms with Crippen LogP contribution >= 0.6 is 0 Å². The molecular weight excluding hydrogens is 182 g/mol. The van der Waals surface area contributed by atoms with Crippen LogP contribution in [-0.4, -0.2) is 23.1 Å². The molecule has 1 rings (SSSR count). The number of aryl methyl sites for hydroxylation is 1. The fourth-order valence-electron chi connectivity index (χ4n) is 1.23. The molecule has 1 aromatic carbocycles. The molecule has 0 unspecified atom stereocenters. The minimum atomic E-state index is -0.00611. The molecule has 14 heavy (non-hydrogen) atoms. The van der Waals surface area contributed by atoms with E-state index in [2.05, 4.69) is 5.16 Å². The zero-order chi connectivity index (χ0) is 10.7. The molecule has 2 N–H and O–H groups in total. The van der Waals surface area contributed by atoms with Crippen LogP contribution in [0.25, 0.3) is 0 Å². The van der Waals surface area contributed by atoms with Crippen molar-refractivity contribution in [3.63, 3.8) is 0 Å². The van der Waals surface area contributed by atoms with Gasteiger partial charge in [-0.15, -0.1) is 0 Å². The number of hydrogen-bond acceptors (Lipinski definition) is 4. The molecule has 0 amide bonds. The molecule has 0 aliphatic carbocycles. The first-order chi connectivity index (χ1) is 6.60. The summed E-state index contributed by atoms with van der Waals surface area (Å²) in [6.45, 7) is 3.48. The predicted molar refractivity (Wildman–Crippen MR) is 53.4 cm³/mol. The number of hydrogen-bond donors (Lipinski definition) is 2. The maximum Gasteiger partial charge on any atom is 0.167 e. The number of rotatable bonds is 2. The van der Waals surface area contributed by atoms with E-state index in [1.54, 1.807) is 19.1 Å². The van der Waals surface area contributed by atoms with Gasteiger partial charge in [-0.3, -0.25) is 0 Å². The van der Waals surface area contributed by atoms with Gasteiger partial charge in [-0.05, 0) is 31.5 Å². The summed E-state index contributed by atoms with van der Waals surface area (Å²) < 4.78 is 4.97. The van der Waals surface area contributed by atoms with Crippen LogP contribution in [0.1, 0.15) is 18.1 Å². The first kappa shape index (κ1) is 10.4. The number of benzene rings is 1. The Labute approximate surface area is 82.4 Å². The number of ether oxygens (including phenoxy) is 1. The van der Waals surface area contributed by atoms with Crippen LogP contribution in [0.5, 0.6) is 11.5 Å². The molecule has 0 saturated heterocycles. The fraction of sp³-hybridized carbons (Fsp3) is 0.300. The molecule has 0 radical (unpaired) electrons. The summed E-state index contributed by atoms with van der Waals surface area (Å²) in [6.07, 6.45) is 0. The highest BCUT2D eigenvalue weighted by Crippen LogP contribution is 2.31. The minimum Gasteiger partial charge on any atom is -0.504 e. The highest BCUT2D eigenvalue weighted by Gasteiger charge is 2.11. The maximum atomic E-state index is 9.70. The van der Waals surface area contributed by atoms with Crippen molar-refractivity contribution in [3.8, 4) is 11.5 Å². The Kier molecular flexibility index (Phi) is 2.96. The largest absolute Gasteiger partial charge is 0.504 e. The third-order valence-corrected chi connectivity index (χ3v) is 1.98. The molecule has 1 aromatic rings. The van der Waals surface area contributed by atoms with Gasteiger partial charge >= 0.3 is 0 Å². The zero-order valence-electron chi connectivity index (χ0n) is 8.40. The summed E-state index contributed by atoms with van der Waals surface area (Å²) in [7, 11) is 1.48. The normalized spacial score (nSPS) is 11.5. The lowest BCUT2D eigenvalue weighted by Gasteiger charge is -2.09. The Bertz CT molecular complexity index is 372. The van der Waals surface area contributed by atoms with Gasteiger partial charge in [0, 0.05) is 5.56 Å². The van der Waals surface area contributed by atoms with Gasteiger partial charge in [0.05, 0.1) is 12.8 Å². The quantitative estimate of drug-likeness (QED) is 0.430. The van der Waals surface area contributed by atoms with Crippen LogP contribution in [0.3, 0.4) is 0 Å². The van der Waals surface area contributed by atoms with Crippen molar-refractivity contribution in [3.05, 3.63) is 23.3 Å². The van der Waals surface area contributed by atoms with E-state index in [9.17, 15) is 5.11 Å². The molecule has 0 aliphatic heterocycles. The summed E-state index contributed by atoms with van der Waals surface area (Å²) in [5, 5.41) is 21.3. The van der Waals surface area contributed by atoms with Crippen LogP contribution in [0.15, 0.2) is 17.3 Å². The fourth-order valence-corrected chi connectivity index (χ4v) is 1.23. The summed E-state index contributed by atoms with van der Waals surface area (Å²) in [5.41, 5.74) is 1.76. The lowest BCUT2D eigenvalue weighted by atomic mass is 10.1. The first-order valence-electron chi connectivity index (χ1n) is 4.16. The topological polar surface area (TPSA) is 62.0 Å². The molecule has 4 nitrogen and oxygen atoms in total. The SMILES string of the molecule is COc1cc(C)cc(/C(C)=N/O)c1O. The second-order valence-electron chi connectivity index (χ2n) is 3.05. The van der Waals surface area contributed by atoms with Crippen molar-refractivity contribution < 1.29 is 15.1 Å². The van der Waals surface area contributed by atoms with Crippen molar-refractivity contribution in [2.75, 3.05) is 7.11 Å². The summed E-state index contributed by atoms with van der Waals surface area (Å²) >= 11 is 0. The Morgan fingerprint density at radius 2 is 2.07 bits per heavy atom. The van der Waals surface area contributed by atoms with E-state index in [0.717, 1.165) is 5.56 Å². The highest BCUT2D eigenvalue weighted by atomic mass is 16.5. The molecule has 0 bridgehead atoms. The van der Waals surface area contributed by atoms with Crippen molar-refractivity contribution in [1.82, 2.24) is 0 Å². The van der Waals surface area contributed by atoms with E-state index >= 15 is 0 Å². The number of phenols is 1. The van der Waals surface area contributed by atoms with Crippen LogP contribution in [0.4, 0.5) is 0 Å². The second kappa shape index (κ2) is 4.00. The highest BCUT2D eigenvalue weighted by molar-refractivity contribution is 6.01. The predicted octanol–water partition coefficient (Wildman–Crippen LogP) is 1.91. The number of methoxy groups -OCH3 is 1. The molecule has 4 heteroatoms. The van der Waals surface area contributed by atoms with Gasteiger partial charge in [-0.25, -0.2) is 0 Å². The molecule has 76 valence electrons. The molecular formula is C10H13NO3. The van der Waals surface area contributed by atoms with Crippen molar-refractivity contribution in [1.29, 1.82) is 0 Å². The number of phenolic OH excluding ortho intramolecular Hbond substituents is 1.